The van der Waals surface area contributed by atoms with Gasteiger partial charge in [-0.15, -0.1) is 0 Å². The third kappa shape index (κ3) is 6.01. The summed E-state index contributed by atoms with van der Waals surface area (Å²) >= 11 is 0. The fourth-order valence-electron chi connectivity index (χ4n) is 4.37. The molecule has 0 aliphatic heterocycles. The Morgan fingerprint density at radius 3 is 1.69 bits per heavy atom. The molecule has 9 heteroatoms. The Morgan fingerprint density at radius 1 is 0.857 bits per heavy atom. The molecule has 2 unspecified atom stereocenters. The van der Waals surface area contributed by atoms with Crippen LogP contribution in [0.4, 0.5) is 5.69 Å². The predicted molar refractivity (Wildman–Crippen MR) is 135 cm³/mol. The van der Waals surface area contributed by atoms with E-state index in [4.69, 9.17) is 20.3 Å². The third-order valence-electron chi connectivity index (χ3n) is 5.96. The fraction of sp³-hybridized carbons (Fsp3) is 0.308. The van der Waals surface area contributed by atoms with Crippen molar-refractivity contribution in [2.75, 3.05) is 20.0 Å². The number of hydrogen-bond donors (Lipinski definition) is 4. The lowest BCUT2D eigenvalue weighted by atomic mass is 9.83. The molecule has 3 aromatic carbocycles. The number of methoxy groups -OCH3 is 2. The molecule has 0 spiro atoms. The summed E-state index contributed by atoms with van der Waals surface area (Å²) in [6.45, 7) is 2.26. The first-order valence-electron chi connectivity index (χ1n) is 11.0. The lowest BCUT2D eigenvalue weighted by molar-refractivity contribution is 0.185. The molecule has 0 radical (unpaired) electrons. The minimum Gasteiger partial charge on any atom is -0.507 e. The van der Waals surface area contributed by atoms with Gasteiger partial charge in [-0.05, 0) is 35.2 Å². The van der Waals surface area contributed by atoms with E-state index in [1.54, 1.807) is 14.2 Å². The molecule has 6 N–H and O–H groups in total. The second-order valence-corrected chi connectivity index (χ2v) is 10.2. The van der Waals surface area contributed by atoms with Crippen molar-refractivity contribution >= 4 is 15.7 Å². The first kappa shape index (κ1) is 26.7. The maximum absolute atomic E-state index is 13.1. The van der Waals surface area contributed by atoms with Gasteiger partial charge in [0.1, 0.15) is 11.0 Å². The minimum absolute atomic E-state index is 0.0563. The summed E-state index contributed by atoms with van der Waals surface area (Å²) in [7, 11) is -1.07. The molecule has 3 aromatic rings. The first-order valence-corrected chi connectivity index (χ1v) is 12.7. The quantitative estimate of drug-likeness (QED) is 0.312. The summed E-state index contributed by atoms with van der Waals surface area (Å²) in [5.74, 6) is -1.16. The van der Waals surface area contributed by atoms with E-state index in [1.807, 2.05) is 48.5 Å². The number of aliphatic hydroxyl groups excluding tert-OH is 1. The van der Waals surface area contributed by atoms with Crippen molar-refractivity contribution in [1.82, 2.24) is 0 Å². The second kappa shape index (κ2) is 11.2. The molecule has 35 heavy (non-hydrogen) atoms. The zero-order valence-corrected chi connectivity index (χ0v) is 20.8. The molecule has 0 aromatic heterocycles. The van der Waals surface area contributed by atoms with Gasteiger partial charge in [0.25, 0.3) is 0 Å². The second-order valence-electron chi connectivity index (χ2n) is 8.52. The zero-order valence-electron chi connectivity index (χ0n) is 20.0. The van der Waals surface area contributed by atoms with Crippen molar-refractivity contribution in [3.05, 3.63) is 94.0 Å². The topological polar surface area (TPSA) is 145 Å². The van der Waals surface area contributed by atoms with Gasteiger partial charge in [0.2, 0.25) is 10.0 Å². The molecular formula is C26H32N2O6S. The molecule has 0 fully saturated rings. The molecule has 3 rings (SSSR count). The Morgan fingerprint density at radius 2 is 1.31 bits per heavy atom. The Bertz CT molecular complexity index is 1190. The van der Waals surface area contributed by atoms with Gasteiger partial charge in [0, 0.05) is 37.0 Å². The lowest BCUT2D eigenvalue weighted by Gasteiger charge is -2.29. The smallest absolute Gasteiger partial charge is 0.217 e. The number of nitrogens with two attached hydrogens (primary N) is 2. The van der Waals surface area contributed by atoms with Crippen LogP contribution in [0.15, 0.2) is 60.7 Å². The van der Waals surface area contributed by atoms with Crippen LogP contribution in [0, 0.1) is 0 Å². The van der Waals surface area contributed by atoms with Crippen LogP contribution < -0.4 is 10.9 Å². The molecule has 0 saturated carbocycles. The maximum atomic E-state index is 13.1. The number of phenolic OH excluding ortho intramolecular Hbond substituents is 1. The van der Waals surface area contributed by atoms with Crippen LogP contribution in [0.25, 0.3) is 0 Å². The van der Waals surface area contributed by atoms with E-state index in [0.29, 0.717) is 24.3 Å². The molecule has 0 amide bonds. The van der Waals surface area contributed by atoms with Gasteiger partial charge < -0.3 is 25.4 Å². The normalized spacial score (nSPS) is 13.7. The van der Waals surface area contributed by atoms with E-state index >= 15 is 0 Å². The molecule has 8 nitrogen and oxygen atoms in total. The van der Waals surface area contributed by atoms with Crippen molar-refractivity contribution < 1.29 is 28.1 Å². The van der Waals surface area contributed by atoms with Gasteiger partial charge in [-0.2, -0.15) is 0 Å². The van der Waals surface area contributed by atoms with E-state index < -0.39 is 33.0 Å². The van der Waals surface area contributed by atoms with Crippen molar-refractivity contribution in [3.8, 4) is 5.75 Å². The van der Waals surface area contributed by atoms with Gasteiger partial charge in [0.05, 0.1) is 19.3 Å². The summed E-state index contributed by atoms with van der Waals surface area (Å²) in [4.78, 5) is 0. The highest BCUT2D eigenvalue weighted by Crippen LogP contribution is 2.46. The van der Waals surface area contributed by atoms with Crippen molar-refractivity contribution in [2.45, 2.75) is 37.4 Å². The van der Waals surface area contributed by atoms with E-state index in [9.17, 15) is 18.6 Å². The van der Waals surface area contributed by atoms with Crippen LogP contribution in [-0.2, 0) is 32.7 Å². The monoisotopic (exact) mass is 500 g/mol. The fourth-order valence-corrected chi connectivity index (χ4v) is 5.61. The van der Waals surface area contributed by atoms with Crippen molar-refractivity contribution in [3.63, 3.8) is 0 Å². The number of nitrogen functional groups attached to an aromatic ring is 1. The number of aliphatic hydroxyl groups is 1. The number of benzene rings is 3. The minimum atomic E-state index is -4.26. The number of phenols is 1. The maximum Gasteiger partial charge on any atom is 0.217 e. The van der Waals surface area contributed by atoms with Crippen LogP contribution in [0.5, 0.6) is 5.75 Å². The largest absolute Gasteiger partial charge is 0.507 e. The van der Waals surface area contributed by atoms with E-state index in [2.05, 4.69) is 0 Å². The Hall–Kier alpha value is -2.95. The van der Waals surface area contributed by atoms with Crippen LogP contribution in [0.3, 0.4) is 0 Å². The number of primary sulfonamides is 1. The van der Waals surface area contributed by atoms with Gasteiger partial charge in [-0.3, -0.25) is 0 Å². The summed E-state index contributed by atoms with van der Waals surface area (Å²) in [6.07, 6.45) is -1.11. The van der Waals surface area contributed by atoms with Crippen molar-refractivity contribution in [1.29, 1.82) is 0 Å². The number of anilines is 1. The average molecular weight is 501 g/mol. The molecule has 0 heterocycles. The summed E-state index contributed by atoms with van der Waals surface area (Å²) < 4.78 is 36.6. The highest BCUT2D eigenvalue weighted by molar-refractivity contribution is 7.89. The molecule has 0 saturated heterocycles. The lowest BCUT2D eigenvalue weighted by Crippen LogP contribution is -2.28. The average Bonchev–Trinajstić information content (AvgIpc) is 2.79. The Balaban J connectivity index is 2.27. The first-order chi connectivity index (χ1) is 16.6. The number of aromatic hydroxyl groups is 1. The van der Waals surface area contributed by atoms with Crippen LogP contribution in [0.1, 0.15) is 57.6 Å². The Labute approximate surface area is 206 Å². The molecule has 0 aliphatic rings. The highest BCUT2D eigenvalue weighted by atomic mass is 32.2. The number of sulfonamides is 1. The van der Waals surface area contributed by atoms with E-state index in [0.717, 1.165) is 11.1 Å². The van der Waals surface area contributed by atoms with Gasteiger partial charge in [-0.1, -0.05) is 54.6 Å². The van der Waals surface area contributed by atoms with Crippen LogP contribution in [0.2, 0.25) is 0 Å². The van der Waals surface area contributed by atoms with Crippen molar-refractivity contribution in [2.24, 2.45) is 5.14 Å². The summed E-state index contributed by atoms with van der Waals surface area (Å²) in [5.41, 5.74) is 9.43. The summed E-state index contributed by atoms with van der Waals surface area (Å²) in [6, 6.07) is 17.6. The summed E-state index contributed by atoms with van der Waals surface area (Å²) in [5, 5.41) is 25.7. The Kier molecular flexibility index (Phi) is 8.52. The zero-order chi connectivity index (χ0) is 25.8. The van der Waals surface area contributed by atoms with E-state index in [1.165, 1.54) is 19.1 Å². The highest BCUT2D eigenvalue weighted by Gasteiger charge is 2.38. The number of rotatable bonds is 10. The third-order valence-corrected chi connectivity index (χ3v) is 7.20. The van der Waals surface area contributed by atoms with E-state index in [-0.39, 0.29) is 16.8 Å². The standard InChI is InChI=1S/C26H32N2O6S/c1-16(29)23-22(27)13-12-21(25(23)30)26(35(28,31)32)24(19-8-4-17(5-9-19)14-33-2)20-10-6-18(7-11-20)15-34-3/h4-13,16,24,26,29-30H,14-15,27H2,1-3H3,(H2,28,31,32). The van der Waals surface area contributed by atoms with Crippen LogP contribution in [-0.4, -0.2) is 32.9 Å². The predicted octanol–water partition coefficient (Wildman–Crippen LogP) is 3.48. The van der Waals surface area contributed by atoms with Crippen LogP contribution >= 0.6 is 0 Å². The molecule has 188 valence electrons. The molecular weight excluding hydrogens is 468 g/mol. The van der Waals surface area contributed by atoms with Gasteiger partial charge in [-0.25, -0.2) is 13.6 Å². The molecule has 0 aliphatic carbocycles. The molecule has 0 bridgehead atoms. The SMILES string of the molecule is COCc1ccc(C(c2ccc(COC)cc2)C(c2ccc(N)c(C(C)O)c2O)S(N)(=O)=O)cc1. The van der Waals surface area contributed by atoms with Gasteiger partial charge >= 0.3 is 0 Å². The molecule has 2 atom stereocenters. The number of ether oxygens (including phenoxy) is 2. The van der Waals surface area contributed by atoms with Gasteiger partial charge in [0.15, 0.2) is 0 Å². The number of hydrogen-bond acceptors (Lipinski definition) is 7.